The summed E-state index contributed by atoms with van der Waals surface area (Å²) in [7, 11) is 1.84. The number of nitrogens with zero attached hydrogens (tertiary/aromatic N) is 2. The van der Waals surface area contributed by atoms with Gasteiger partial charge in [-0.05, 0) is 18.9 Å². The molecule has 2 aromatic rings. The monoisotopic (exact) mass is 287 g/mol. The summed E-state index contributed by atoms with van der Waals surface area (Å²) < 4.78 is 1.72. The predicted octanol–water partition coefficient (Wildman–Crippen LogP) is 1.85. The Labute approximate surface area is 124 Å². The van der Waals surface area contributed by atoms with E-state index in [-0.39, 0.29) is 17.9 Å². The van der Waals surface area contributed by atoms with Gasteiger partial charge in [-0.15, -0.1) is 0 Å². The third-order valence-electron chi connectivity index (χ3n) is 4.37. The number of carbonyl (C=O) groups excluding carboxylic acids is 1. The number of amides is 1. The average molecular weight is 287 g/mol. The zero-order chi connectivity index (χ0) is 14.8. The van der Waals surface area contributed by atoms with Crippen LogP contribution in [0.1, 0.15) is 36.2 Å². The Morgan fingerprint density at radius 1 is 1.38 bits per heavy atom. The molecule has 1 aliphatic rings. The maximum atomic E-state index is 12.4. The maximum absolute atomic E-state index is 12.4. The van der Waals surface area contributed by atoms with Crippen molar-refractivity contribution in [3.8, 4) is 0 Å². The summed E-state index contributed by atoms with van der Waals surface area (Å²) in [6, 6.07) is 7.70. The lowest BCUT2D eigenvalue weighted by Gasteiger charge is -2.27. The van der Waals surface area contributed by atoms with Gasteiger partial charge >= 0.3 is 0 Å². The summed E-state index contributed by atoms with van der Waals surface area (Å²) in [6.45, 7) is 0.519. The summed E-state index contributed by atoms with van der Waals surface area (Å²) in [6.07, 6.45) is 3.73. The fourth-order valence-corrected chi connectivity index (χ4v) is 3.12. The molecule has 5 heteroatoms. The van der Waals surface area contributed by atoms with E-state index in [0.29, 0.717) is 12.2 Å². The number of rotatable bonds is 3. The zero-order valence-electron chi connectivity index (χ0n) is 12.2. The molecule has 3 rings (SSSR count). The maximum Gasteiger partial charge on any atom is 0.272 e. The zero-order valence-corrected chi connectivity index (χ0v) is 12.2. The molecule has 0 bridgehead atoms. The van der Waals surface area contributed by atoms with Crippen molar-refractivity contribution in [2.45, 2.75) is 31.8 Å². The minimum atomic E-state index is -0.292. The van der Waals surface area contributed by atoms with Crippen LogP contribution in [0.3, 0.4) is 0 Å². The molecule has 1 fully saturated rings. The fourth-order valence-electron chi connectivity index (χ4n) is 3.12. The molecular formula is C16H21N3O2. The van der Waals surface area contributed by atoms with Crippen molar-refractivity contribution in [1.29, 1.82) is 0 Å². The van der Waals surface area contributed by atoms with Crippen molar-refractivity contribution in [1.82, 2.24) is 15.1 Å². The molecule has 0 aliphatic heterocycles. The Balaban J connectivity index is 1.72. The predicted molar refractivity (Wildman–Crippen MR) is 81.0 cm³/mol. The van der Waals surface area contributed by atoms with E-state index in [9.17, 15) is 9.90 Å². The first-order chi connectivity index (χ1) is 10.2. The summed E-state index contributed by atoms with van der Waals surface area (Å²) in [5.41, 5.74) is 1.40. The van der Waals surface area contributed by atoms with Crippen LogP contribution >= 0.6 is 0 Å². The number of aliphatic hydroxyl groups excluding tert-OH is 1. The molecule has 1 amide bonds. The van der Waals surface area contributed by atoms with Crippen LogP contribution in [0.15, 0.2) is 24.3 Å². The summed E-state index contributed by atoms with van der Waals surface area (Å²) in [5.74, 6) is 0.00208. The van der Waals surface area contributed by atoms with E-state index >= 15 is 0 Å². The number of hydrogen-bond donors (Lipinski definition) is 2. The van der Waals surface area contributed by atoms with Gasteiger partial charge in [0.25, 0.3) is 5.91 Å². The molecule has 21 heavy (non-hydrogen) atoms. The van der Waals surface area contributed by atoms with Gasteiger partial charge in [0, 0.05) is 24.9 Å². The van der Waals surface area contributed by atoms with Crippen molar-refractivity contribution in [2.75, 3.05) is 6.54 Å². The topological polar surface area (TPSA) is 67.2 Å². The van der Waals surface area contributed by atoms with Crippen molar-refractivity contribution >= 4 is 16.8 Å². The van der Waals surface area contributed by atoms with Crippen LogP contribution in [-0.4, -0.2) is 33.4 Å². The summed E-state index contributed by atoms with van der Waals surface area (Å²) in [5, 5.41) is 18.1. The fraction of sp³-hybridized carbons (Fsp3) is 0.500. The first kappa shape index (κ1) is 14.1. The van der Waals surface area contributed by atoms with Crippen LogP contribution in [0.2, 0.25) is 0 Å². The minimum absolute atomic E-state index is 0.162. The van der Waals surface area contributed by atoms with Crippen molar-refractivity contribution in [2.24, 2.45) is 13.0 Å². The third kappa shape index (κ3) is 2.78. The van der Waals surface area contributed by atoms with Crippen LogP contribution in [0.5, 0.6) is 0 Å². The largest absolute Gasteiger partial charge is 0.393 e. The SMILES string of the molecule is Cn1nc(C(=O)NCC2CCCCC2O)c2ccccc21. The van der Waals surface area contributed by atoms with E-state index in [4.69, 9.17) is 0 Å². The molecule has 1 aromatic heterocycles. The van der Waals surface area contributed by atoms with E-state index in [1.165, 1.54) is 0 Å². The smallest absolute Gasteiger partial charge is 0.272 e. The number of aryl methyl sites for hydroxylation is 1. The van der Waals surface area contributed by atoms with Crippen LogP contribution in [0, 0.1) is 5.92 Å². The lowest BCUT2D eigenvalue weighted by Crippen LogP contribution is -2.36. The number of benzene rings is 1. The molecule has 2 atom stereocenters. The molecule has 1 heterocycles. The minimum Gasteiger partial charge on any atom is -0.393 e. The van der Waals surface area contributed by atoms with E-state index in [0.717, 1.165) is 36.6 Å². The number of carbonyl (C=O) groups is 1. The molecule has 2 N–H and O–H groups in total. The van der Waals surface area contributed by atoms with Crippen LogP contribution < -0.4 is 5.32 Å². The number of para-hydroxylation sites is 1. The number of fused-ring (bicyclic) bond motifs is 1. The molecule has 5 nitrogen and oxygen atoms in total. The highest BCUT2D eigenvalue weighted by Gasteiger charge is 2.24. The lowest BCUT2D eigenvalue weighted by atomic mass is 9.86. The van der Waals surface area contributed by atoms with E-state index in [2.05, 4.69) is 10.4 Å². The molecule has 112 valence electrons. The molecule has 2 unspecified atom stereocenters. The second-order valence-electron chi connectivity index (χ2n) is 5.81. The Kier molecular flexibility index (Phi) is 3.92. The van der Waals surface area contributed by atoms with Gasteiger partial charge in [-0.25, -0.2) is 0 Å². The van der Waals surface area contributed by atoms with Crippen LogP contribution in [0.25, 0.3) is 10.9 Å². The molecular weight excluding hydrogens is 266 g/mol. The van der Waals surface area contributed by atoms with Crippen LogP contribution in [0.4, 0.5) is 0 Å². The van der Waals surface area contributed by atoms with Crippen LogP contribution in [-0.2, 0) is 7.05 Å². The quantitative estimate of drug-likeness (QED) is 0.905. The molecule has 0 saturated heterocycles. The highest BCUT2D eigenvalue weighted by molar-refractivity contribution is 6.04. The molecule has 1 aliphatic carbocycles. The van der Waals surface area contributed by atoms with E-state index < -0.39 is 0 Å². The van der Waals surface area contributed by atoms with Gasteiger partial charge in [0.15, 0.2) is 5.69 Å². The molecule has 1 saturated carbocycles. The molecule has 1 aromatic carbocycles. The van der Waals surface area contributed by atoms with E-state index in [1.54, 1.807) is 4.68 Å². The lowest BCUT2D eigenvalue weighted by molar-refractivity contribution is 0.0662. The second kappa shape index (κ2) is 5.85. The van der Waals surface area contributed by atoms with Gasteiger partial charge in [0.05, 0.1) is 11.6 Å². The van der Waals surface area contributed by atoms with Crippen molar-refractivity contribution in [3.63, 3.8) is 0 Å². The summed E-state index contributed by atoms with van der Waals surface area (Å²) >= 11 is 0. The number of nitrogens with one attached hydrogen (secondary N) is 1. The van der Waals surface area contributed by atoms with Gasteiger partial charge in [0.2, 0.25) is 0 Å². The number of aliphatic hydroxyl groups is 1. The highest BCUT2D eigenvalue weighted by atomic mass is 16.3. The average Bonchev–Trinajstić information content (AvgIpc) is 2.84. The van der Waals surface area contributed by atoms with Gasteiger partial charge in [-0.3, -0.25) is 9.48 Å². The standard InChI is InChI=1S/C16H21N3O2/c1-19-13-8-4-3-7-12(13)15(18-19)16(21)17-10-11-6-2-5-9-14(11)20/h3-4,7-8,11,14,20H,2,5-6,9-10H2,1H3,(H,17,21). The normalized spacial score (nSPS) is 22.4. The number of aromatic nitrogens is 2. The number of hydrogen-bond acceptors (Lipinski definition) is 3. The Bertz CT molecular complexity index is 650. The summed E-state index contributed by atoms with van der Waals surface area (Å²) in [4.78, 5) is 12.4. The highest BCUT2D eigenvalue weighted by Crippen LogP contribution is 2.24. The van der Waals surface area contributed by atoms with Gasteiger partial charge in [0.1, 0.15) is 0 Å². The second-order valence-corrected chi connectivity index (χ2v) is 5.81. The van der Waals surface area contributed by atoms with Gasteiger partial charge in [-0.2, -0.15) is 5.10 Å². The van der Waals surface area contributed by atoms with E-state index in [1.807, 2.05) is 31.3 Å². The van der Waals surface area contributed by atoms with Gasteiger partial charge in [-0.1, -0.05) is 31.0 Å². The first-order valence-corrected chi connectivity index (χ1v) is 7.55. The van der Waals surface area contributed by atoms with Gasteiger partial charge < -0.3 is 10.4 Å². The van der Waals surface area contributed by atoms with Crippen molar-refractivity contribution in [3.05, 3.63) is 30.0 Å². The molecule has 0 radical (unpaired) electrons. The first-order valence-electron chi connectivity index (χ1n) is 7.55. The Morgan fingerprint density at radius 2 is 2.14 bits per heavy atom. The van der Waals surface area contributed by atoms with Crippen molar-refractivity contribution < 1.29 is 9.90 Å². The molecule has 0 spiro atoms. The third-order valence-corrected chi connectivity index (χ3v) is 4.37. The Hall–Kier alpha value is -1.88. The Morgan fingerprint density at radius 3 is 2.95 bits per heavy atom.